The van der Waals surface area contributed by atoms with Gasteiger partial charge >= 0.3 is 0 Å². The van der Waals surface area contributed by atoms with E-state index < -0.39 is 16.1 Å². The molecule has 0 saturated heterocycles. The van der Waals surface area contributed by atoms with Gasteiger partial charge in [-0.2, -0.15) is 0 Å². The molecule has 0 radical (unpaired) electrons. The number of benzene rings is 1. The fourth-order valence-electron chi connectivity index (χ4n) is 1.36. The fraction of sp³-hybridized carbons (Fsp3) is 0.300. The monoisotopic (exact) mass is 325 g/mol. The Morgan fingerprint density at radius 3 is 2.37 bits per heavy atom. The molecule has 1 unspecified atom stereocenters. The Labute approximate surface area is 121 Å². The van der Waals surface area contributed by atoms with E-state index in [1.807, 2.05) is 0 Å². The molecule has 1 aromatic rings. The van der Waals surface area contributed by atoms with E-state index in [9.17, 15) is 8.42 Å². The molecule has 9 heteroatoms. The quantitative estimate of drug-likeness (QED) is 0.332. The molecule has 0 bridgehead atoms. The summed E-state index contributed by atoms with van der Waals surface area (Å²) in [5.41, 5.74) is 5.39. The maximum Gasteiger partial charge on any atom is 0.241 e. The molecule has 0 spiro atoms. The standard InChI is InChI=1S/C10H13Cl2N3O3S/c1-2-9(10(13)14-16)15-19(17,18)8-4-6(11)3-7(12)5-8/h3-5,9,15-16H,2H2,1H3,(H2,13,14). The van der Waals surface area contributed by atoms with Gasteiger partial charge in [0.1, 0.15) is 0 Å². The molecule has 0 heterocycles. The molecule has 0 aliphatic carbocycles. The smallest absolute Gasteiger partial charge is 0.241 e. The predicted octanol–water partition coefficient (Wildman–Crippen LogP) is 1.80. The van der Waals surface area contributed by atoms with E-state index in [1.54, 1.807) is 6.92 Å². The van der Waals surface area contributed by atoms with Crippen LogP contribution < -0.4 is 10.5 Å². The first-order valence-corrected chi connectivity index (χ1v) is 7.50. The molecule has 0 aromatic heterocycles. The van der Waals surface area contributed by atoms with E-state index in [2.05, 4.69) is 9.88 Å². The molecule has 1 aromatic carbocycles. The van der Waals surface area contributed by atoms with Gasteiger partial charge in [0.25, 0.3) is 0 Å². The van der Waals surface area contributed by atoms with Crippen LogP contribution in [0.5, 0.6) is 0 Å². The van der Waals surface area contributed by atoms with Gasteiger partial charge < -0.3 is 10.9 Å². The van der Waals surface area contributed by atoms with Crippen LogP contribution in [0.15, 0.2) is 28.3 Å². The summed E-state index contributed by atoms with van der Waals surface area (Å²) >= 11 is 11.5. The average Bonchev–Trinajstić information content (AvgIpc) is 2.34. The molecule has 4 N–H and O–H groups in total. The second-order valence-corrected chi connectivity index (χ2v) is 6.30. The van der Waals surface area contributed by atoms with Crippen molar-refractivity contribution in [3.63, 3.8) is 0 Å². The minimum absolute atomic E-state index is 0.0887. The van der Waals surface area contributed by atoms with Crippen LogP contribution in [0.1, 0.15) is 13.3 Å². The largest absolute Gasteiger partial charge is 0.409 e. The van der Waals surface area contributed by atoms with Crippen LogP contribution in [0.25, 0.3) is 0 Å². The third kappa shape index (κ3) is 4.24. The van der Waals surface area contributed by atoms with E-state index >= 15 is 0 Å². The SMILES string of the molecule is CCC(NS(=O)(=O)c1cc(Cl)cc(Cl)c1)/C(N)=N/O. The summed E-state index contributed by atoms with van der Waals surface area (Å²) in [5, 5.41) is 11.8. The number of nitrogens with zero attached hydrogens (tertiary/aromatic N) is 1. The lowest BCUT2D eigenvalue weighted by molar-refractivity contribution is 0.315. The Morgan fingerprint density at radius 1 is 1.42 bits per heavy atom. The molecule has 106 valence electrons. The number of sulfonamides is 1. The number of hydrogen-bond donors (Lipinski definition) is 3. The third-order valence-corrected chi connectivity index (χ3v) is 4.21. The minimum atomic E-state index is -3.86. The zero-order chi connectivity index (χ0) is 14.6. The summed E-state index contributed by atoms with van der Waals surface area (Å²) in [7, 11) is -3.86. The number of nitrogens with two attached hydrogens (primary N) is 1. The highest BCUT2D eigenvalue weighted by Crippen LogP contribution is 2.22. The predicted molar refractivity (Wildman–Crippen MR) is 74.3 cm³/mol. The second kappa shape index (κ2) is 6.42. The Kier molecular flexibility index (Phi) is 5.42. The van der Waals surface area contributed by atoms with Gasteiger partial charge in [0.2, 0.25) is 10.0 Å². The van der Waals surface area contributed by atoms with Crippen molar-refractivity contribution in [3.05, 3.63) is 28.2 Å². The normalized spacial score (nSPS) is 14.4. The number of amidine groups is 1. The summed E-state index contributed by atoms with van der Waals surface area (Å²) in [6.45, 7) is 1.69. The molecule has 0 amide bonds. The van der Waals surface area contributed by atoms with Crippen molar-refractivity contribution in [2.45, 2.75) is 24.3 Å². The van der Waals surface area contributed by atoms with Gasteiger partial charge in [0.05, 0.1) is 10.9 Å². The Morgan fingerprint density at radius 2 is 1.95 bits per heavy atom. The Balaban J connectivity index is 3.10. The molecule has 0 saturated carbocycles. The van der Waals surface area contributed by atoms with Crippen LogP contribution in [-0.2, 0) is 10.0 Å². The maximum absolute atomic E-state index is 12.1. The first-order chi connectivity index (χ1) is 8.80. The van der Waals surface area contributed by atoms with Crippen molar-refractivity contribution >= 4 is 39.1 Å². The van der Waals surface area contributed by atoms with E-state index in [0.29, 0.717) is 6.42 Å². The van der Waals surface area contributed by atoms with Crippen molar-refractivity contribution in [2.75, 3.05) is 0 Å². The van der Waals surface area contributed by atoms with E-state index in [4.69, 9.17) is 34.1 Å². The Bertz CT molecular complexity index is 569. The molecule has 0 fully saturated rings. The number of oxime groups is 1. The van der Waals surface area contributed by atoms with Crippen molar-refractivity contribution in [1.29, 1.82) is 0 Å². The van der Waals surface area contributed by atoms with Crippen molar-refractivity contribution in [2.24, 2.45) is 10.9 Å². The molecule has 0 aliphatic heterocycles. The third-order valence-electron chi connectivity index (χ3n) is 2.32. The number of hydrogen-bond acceptors (Lipinski definition) is 4. The van der Waals surface area contributed by atoms with Crippen molar-refractivity contribution in [1.82, 2.24) is 4.72 Å². The molecule has 1 rings (SSSR count). The molecule has 6 nitrogen and oxygen atoms in total. The number of nitrogens with one attached hydrogen (secondary N) is 1. The van der Waals surface area contributed by atoms with Gasteiger partial charge in [0, 0.05) is 10.0 Å². The molecule has 19 heavy (non-hydrogen) atoms. The van der Waals surface area contributed by atoms with Gasteiger partial charge in [-0.15, -0.1) is 0 Å². The van der Waals surface area contributed by atoms with Crippen LogP contribution in [0.4, 0.5) is 0 Å². The first kappa shape index (κ1) is 16.0. The average molecular weight is 326 g/mol. The number of halogens is 2. The summed E-state index contributed by atoms with van der Waals surface area (Å²) in [5.74, 6) is -0.223. The Hall–Kier alpha value is -1.02. The lowest BCUT2D eigenvalue weighted by atomic mass is 10.2. The van der Waals surface area contributed by atoms with Crippen molar-refractivity contribution < 1.29 is 13.6 Å². The summed E-state index contributed by atoms with van der Waals surface area (Å²) < 4.78 is 26.5. The van der Waals surface area contributed by atoms with Gasteiger partial charge in [-0.3, -0.25) is 0 Å². The molecular formula is C10H13Cl2N3O3S. The van der Waals surface area contributed by atoms with Crippen LogP contribution in [0, 0.1) is 0 Å². The van der Waals surface area contributed by atoms with E-state index in [1.165, 1.54) is 18.2 Å². The van der Waals surface area contributed by atoms with Crippen molar-refractivity contribution in [3.8, 4) is 0 Å². The van der Waals surface area contributed by atoms with Gasteiger partial charge in [0.15, 0.2) is 5.84 Å². The van der Waals surface area contributed by atoms with E-state index in [-0.39, 0.29) is 20.8 Å². The summed E-state index contributed by atoms with van der Waals surface area (Å²) in [6, 6.07) is 3.12. The van der Waals surface area contributed by atoms with Crippen LogP contribution in [0.2, 0.25) is 10.0 Å². The topological polar surface area (TPSA) is 105 Å². The lowest BCUT2D eigenvalue weighted by Gasteiger charge is -2.15. The zero-order valence-corrected chi connectivity index (χ0v) is 12.3. The molecular weight excluding hydrogens is 313 g/mol. The highest BCUT2D eigenvalue weighted by atomic mass is 35.5. The highest BCUT2D eigenvalue weighted by Gasteiger charge is 2.22. The van der Waals surface area contributed by atoms with Crippen LogP contribution >= 0.6 is 23.2 Å². The molecule has 1 atom stereocenters. The zero-order valence-electron chi connectivity index (χ0n) is 9.97. The fourth-order valence-corrected chi connectivity index (χ4v) is 3.38. The maximum atomic E-state index is 12.1. The highest BCUT2D eigenvalue weighted by molar-refractivity contribution is 7.89. The number of rotatable bonds is 5. The first-order valence-electron chi connectivity index (χ1n) is 5.26. The van der Waals surface area contributed by atoms with Gasteiger partial charge in [-0.05, 0) is 24.6 Å². The van der Waals surface area contributed by atoms with Crippen LogP contribution in [-0.4, -0.2) is 25.5 Å². The van der Waals surface area contributed by atoms with Gasteiger partial charge in [-0.25, -0.2) is 13.1 Å². The van der Waals surface area contributed by atoms with E-state index in [0.717, 1.165) is 0 Å². The molecule has 0 aliphatic rings. The second-order valence-electron chi connectivity index (χ2n) is 3.71. The summed E-state index contributed by atoms with van der Waals surface area (Å²) in [4.78, 5) is -0.0887. The lowest BCUT2D eigenvalue weighted by Crippen LogP contribution is -2.44. The van der Waals surface area contributed by atoms with Crippen LogP contribution in [0.3, 0.4) is 0 Å². The minimum Gasteiger partial charge on any atom is -0.409 e. The summed E-state index contributed by atoms with van der Waals surface area (Å²) in [6.07, 6.45) is 0.323. The van der Waals surface area contributed by atoms with Gasteiger partial charge in [-0.1, -0.05) is 35.3 Å².